The normalized spacial score (nSPS) is 17.2. The number of nitrogens with two attached hydrogens (primary N) is 1. The molecule has 0 saturated carbocycles. The number of nitro groups is 1. The van der Waals surface area contributed by atoms with Crippen LogP contribution in [0.5, 0.6) is 0 Å². The smallest absolute Gasteiger partial charge is 0.362 e. The molecule has 226 valence electrons. The number of nitrogen functional groups attached to an aromatic ring is 1. The molecule has 1 fully saturated rings. The van der Waals surface area contributed by atoms with E-state index in [-0.39, 0.29) is 27.4 Å². The number of esters is 2. The number of aromatic nitrogens is 1. The Hall–Kier alpha value is -4.69. The van der Waals surface area contributed by atoms with E-state index in [1.807, 2.05) is 0 Å². The van der Waals surface area contributed by atoms with E-state index in [4.69, 9.17) is 20.0 Å². The van der Waals surface area contributed by atoms with E-state index in [0.29, 0.717) is 5.56 Å². The first-order valence-electron chi connectivity index (χ1n) is 11.6. The number of β-lactam (4-membered cyclic amide) rings is 1. The molecule has 2 aromatic rings. The van der Waals surface area contributed by atoms with Gasteiger partial charge in [-0.25, -0.2) is 14.1 Å². The number of nitro benzene ring substituents is 1. The predicted octanol–water partition coefficient (Wildman–Crippen LogP) is -0.0623. The molecule has 1 saturated heterocycles. The average molecular weight is 629 g/mol. The summed E-state index contributed by atoms with van der Waals surface area (Å²) in [7, 11) is -5.04. The van der Waals surface area contributed by atoms with Gasteiger partial charge in [-0.1, -0.05) is 5.16 Å². The lowest BCUT2D eigenvalue weighted by atomic mass is 9.99. The molecule has 0 spiro atoms. The van der Waals surface area contributed by atoms with E-state index < -0.39 is 69.0 Å². The number of hydrogen-bond acceptors (Lipinski definition) is 15. The highest BCUT2D eigenvalue weighted by molar-refractivity contribution is 7.84. The summed E-state index contributed by atoms with van der Waals surface area (Å²) in [6.07, 6.45) is 0. The van der Waals surface area contributed by atoms with E-state index in [2.05, 4.69) is 15.5 Å². The summed E-state index contributed by atoms with van der Waals surface area (Å²) in [6.45, 7) is 2.63. The van der Waals surface area contributed by atoms with Crippen LogP contribution in [0.1, 0.15) is 32.0 Å². The summed E-state index contributed by atoms with van der Waals surface area (Å²) < 4.78 is 42.5. The second-order valence-corrected chi connectivity index (χ2v) is 11.2. The highest BCUT2D eigenvalue weighted by atomic mass is 32.2. The van der Waals surface area contributed by atoms with Gasteiger partial charge in [-0.15, -0.1) is 11.3 Å². The average Bonchev–Trinajstić information content (AvgIpc) is 3.32. The van der Waals surface area contributed by atoms with Gasteiger partial charge in [-0.3, -0.25) is 29.1 Å². The van der Waals surface area contributed by atoms with Gasteiger partial charge in [0.05, 0.1) is 4.92 Å². The van der Waals surface area contributed by atoms with Crippen LogP contribution in [0.3, 0.4) is 0 Å². The number of carbonyl (C=O) groups excluding carboxylic acids is 4. The molecule has 42 heavy (non-hydrogen) atoms. The van der Waals surface area contributed by atoms with Crippen LogP contribution < -0.4 is 11.1 Å². The van der Waals surface area contributed by atoms with Gasteiger partial charge in [0.2, 0.25) is 5.60 Å². The van der Waals surface area contributed by atoms with Crippen molar-refractivity contribution in [3.8, 4) is 0 Å². The standard InChI is InChI=1S/C22H24N6O12S2/c1-11(29)38-9-15-17(19(31)27(15)42(35,36)37)25-18(30)16(14-10-41-21(23)24-14)26-40-22(2,3)20(32)39-8-12-4-6-13(7-5-12)28(33)34/h4-7,10,15,17H,8-9H2,1-3H3,(H2,23,24)(H,25,30)(H,35,36,37)/b26-16-/t15-,17+/m0/s1. The summed E-state index contributed by atoms with van der Waals surface area (Å²) in [5, 5.41) is 18.1. The van der Waals surface area contributed by atoms with E-state index in [1.165, 1.54) is 43.5 Å². The minimum atomic E-state index is -5.04. The SMILES string of the molecule is CC(=O)OC[C@H]1[C@@H](NC(=O)/C(=N\OC(C)(C)C(=O)OCc2ccc([N+](=O)[O-])cc2)c2csc(N)n2)C(=O)N1S(=O)(=O)O. The van der Waals surface area contributed by atoms with Gasteiger partial charge in [-0.2, -0.15) is 8.42 Å². The third-order valence-corrected chi connectivity index (χ3v) is 7.14. The first-order valence-corrected chi connectivity index (χ1v) is 13.9. The van der Waals surface area contributed by atoms with Crippen molar-refractivity contribution < 1.29 is 51.4 Å². The number of ether oxygens (including phenoxy) is 2. The van der Waals surface area contributed by atoms with Crippen LogP contribution in [0.2, 0.25) is 0 Å². The predicted molar refractivity (Wildman–Crippen MR) is 142 cm³/mol. The highest BCUT2D eigenvalue weighted by Crippen LogP contribution is 2.25. The van der Waals surface area contributed by atoms with E-state index >= 15 is 0 Å². The topological polar surface area (TPSA) is 260 Å². The number of rotatable bonds is 12. The molecule has 18 nitrogen and oxygen atoms in total. The molecule has 2 atom stereocenters. The lowest BCUT2D eigenvalue weighted by Gasteiger charge is -2.43. The first kappa shape index (κ1) is 31.8. The molecule has 0 bridgehead atoms. The van der Waals surface area contributed by atoms with Gasteiger partial charge in [-0.05, 0) is 31.5 Å². The van der Waals surface area contributed by atoms with Crippen molar-refractivity contribution in [2.45, 2.75) is 45.1 Å². The summed E-state index contributed by atoms with van der Waals surface area (Å²) in [5.74, 6) is -4.08. The zero-order valence-electron chi connectivity index (χ0n) is 22.1. The largest absolute Gasteiger partial charge is 0.464 e. The number of anilines is 1. The van der Waals surface area contributed by atoms with Gasteiger partial charge < -0.3 is 25.4 Å². The van der Waals surface area contributed by atoms with Crippen LogP contribution in [-0.4, -0.2) is 80.9 Å². The Morgan fingerprint density at radius 1 is 1.26 bits per heavy atom. The Kier molecular flexibility index (Phi) is 9.43. The summed E-state index contributed by atoms with van der Waals surface area (Å²) >= 11 is 0.925. The number of benzene rings is 1. The van der Waals surface area contributed by atoms with Gasteiger partial charge in [0.25, 0.3) is 17.5 Å². The number of nitrogens with one attached hydrogen (secondary N) is 1. The number of oxime groups is 1. The molecule has 1 aromatic heterocycles. The zero-order valence-corrected chi connectivity index (χ0v) is 23.7. The zero-order chi connectivity index (χ0) is 31.4. The van der Waals surface area contributed by atoms with Crippen molar-refractivity contribution in [1.29, 1.82) is 0 Å². The molecule has 4 N–H and O–H groups in total. The third kappa shape index (κ3) is 7.53. The van der Waals surface area contributed by atoms with E-state index in [1.54, 1.807) is 0 Å². The van der Waals surface area contributed by atoms with Gasteiger partial charge in [0.15, 0.2) is 10.8 Å². The number of carbonyl (C=O) groups is 4. The summed E-state index contributed by atoms with van der Waals surface area (Å²) in [5.41, 5.74) is 3.46. The third-order valence-electron chi connectivity index (χ3n) is 5.52. The molecule has 2 amide bonds. The second kappa shape index (κ2) is 12.4. The van der Waals surface area contributed by atoms with Crippen molar-refractivity contribution in [2.24, 2.45) is 5.16 Å². The molecule has 3 rings (SSSR count). The monoisotopic (exact) mass is 628 g/mol. The molecule has 1 aliphatic rings. The van der Waals surface area contributed by atoms with E-state index in [0.717, 1.165) is 18.3 Å². The van der Waals surface area contributed by atoms with Crippen molar-refractivity contribution in [1.82, 2.24) is 14.6 Å². The molecule has 1 aromatic carbocycles. The maximum Gasteiger partial charge on any atom is 0.362 e. The van der Waals surface area contributed by atoms with Crippen LogP contribution >= 0.6 is 11.3 Å². The molecule has 20 heteroatoms. The van der Waals surface area contributed by atoms with Crippen molar-refractivity contribution in [3.63, 3.8) is 0 Å². The quantitative estimate of drug-likeness (QED) is 0.0694. The summed E-state index contributed by atoms with van der Waals surface area (Å²) in [6, 6.07) is 2.21. The Morgan fingerprint density at radius 2 is 1.90 bits per heavy atom. The van der Waals surface area contributed by atoms with Crippen LogP contribution in [0.25, 0.3) is 0 Å². The number of hydrogen-bond donors (Lipinski definition) is 3. The number of thiazole rings is 1. The molecule has 1 aliphatic heterocycles. The summed E-state index contributed by atoms with van der Waals surface area (Å²) in [4.78, 5) is 68.9. The molecule has 0 aliphatic carbocycles. The van der Waals surface area contributed by atoms with Crippen LogP contribution in [0.4, 0.5) is 10.8 Å². The number of non-ortho nitro benzene ring substituents is 1. The maximum atomic E-state index is 13.2. The molecule has 2 heterocycles. The molecule has 0 radical (unpaired) electrons. The fourth-order valence-electron chi connectivity index (χ4n) is 3.37. The van der Waals surface area contributed by atoms with E-state index in [9.17, 15) is 42.3 Å². The Morgan fingerprint density at radius 3 is 2.43 bits per heavy atom. The van der Waals surface area contributed by atoms with Crippen LogP contribution in [0.15, 0.2) is 34.8 Å². The Bertz CT molecular complexity index is 1540. The number of amides is 2. The van der Waals surface area contributed by atoms with Crippen molar-refractivity contribution >= 4 is 61.9 Å². The Labute approximate surface area is 241 Å². The van der Waals surface area contributed by atoms with Crippen molar-refractivity contribution in [3.05, 3.63) is 51.0 Å². The van der Waals surface area contributed by atoms with Gasteiger partial charge in [0, 0.05) is 24.4 Å². The highest BCUT2D eigenvalue weighted by Gasteiger charge is 2.55. The minimum absolute atomic E-state index is 0.0253. The van der Waals surface area contributed by atoms with Gasteiger partial charge >= 0.3 is 22.2 Å². The lowest BCUT2D eigenvalue weighted by Crippen LogP contribution is -2.73. The van der Waals surface area contributed by atoms with Crippen LogP contribution in [-0.2, 0) is 50.4 Å². The van der Waals surface area contributed by atoms with Crippen LogP contribution in [0, 0.1) is 10.1 Å². The first-order chi connectivity index (χ1) is 19.5. The molecule has 0 unspecified atom stereocenters. The second-order valence-electron chi connectivity index (χ2n) is 9.05. The fourth-order valence-corrected chi connectivity index (χ4v) is 4.79. The number of nitrogens with zero attached hydrogens (tertiary/aromatic N) is 4. The van der Waals surface area contributed by atoms with Gasteiger partial charge in [0.1, 0.15) is 31.0 Å². The molecular weight excluding hydrogens is 604 g/mol. The maximum absolute atomic E-state index is 13.2. The lowest BCUT2D eigenvalue weighted by molar-refractivity contribution is -0.384. The Balaban J connectivity index is 1.77. The fraction of sp³-hybridized carbons (Fsp3) is 0.364. The molecular formula is C22H24N6O12S2. The van der Waals surface area contributed by atoms with Crippen molar-refractivity contribution in [2.75, 3.05) is 12.3 Å². The minimum Gasteiger partial charge on any atom is -0.464 e.